The Morgan fingerprint density at radius 2 is 2.12 bits per heavy atom. The van der Waals surface area contributed by atoms with Crippen molar-refractivity contribution in [1.82, 2.24) is 10.3 Å². The fourth-order valence-electron chi connectivity index (χ4n) is 1.40. The van der Waals surface area contributed by atoms with E-state index in [0.717, 1.165) is 0 Å². The lowest BCUT2D eigenvalue weighted by atomic mass is 10.5. The largest absolute Gasteiger partial charge is 0.383 e. The predicted octanol–water partition coefficient (Wildman–Crippen LogP) is -1.82. The van der Waals surface area contributed by atoms with Gasteiger partial charge in [-0.15, -0.1) is 0 Å². The van der Waals surface area contributed by atoms with Crippen LogP contribution in [0.2, 0.25) is 0 Å². The van der Waals surface area contributed by atoms with Crippen molar-refractivity contribution < 1.29 is 13.2 Å². The molecule has 1 fully saturated rings. The molecule has 7 nitrogen and oxygen atoms in total. The van der Waals surface area contributed by atoms with Gasteiger partial charge in [0.2, 0.25) is 5.96 Å². The summed E-state index contributed by atoms with van der Waals surface area (Å²) >= 11 is 0. The number of nitrogens with one attached hydrogen (secondary N) is 1. The van der Waals surface area contributed by atoms with Crippen LogP contribution in [0.5, 0.6) is 0 Å². The number of ether oxygens (including phenoxy) is 1. The number of guanidine groups is 1. The van der Waals surface area contributed by atoms with Crippen LogP contribution in [0, 0.1) is 0 Å². The highest BCUT2D eigenvalue weighted by Gasteiger charge is 2.23. The number of hydrazine groups is 1. The second-order valence-corrected chi connectivity index (χ2v) is 5.78. The Morgan fingerprint density at radius 1 is 1.50 bits per heavy atom. The number of nitrogens with zero attached hydrogens (tertiary/aromatic N) is 2. The number of hydrogen-bond donors (Lipinski definition) is 2. The molecule has 0 aromatic carbocycles. The molecule has 94 valence electrons. The van der Waals surface area contributed by atoms with E-state index in [0.29, 0.717) is 32.2 Å². The first kappa shape index (κ1) is 13.2. The van der Waals surface area contributed by atoms with Crippen LogP contribution in [0.3, 0.4) is 0 Å². The van der Waals surface area contributed by atoms with Gasteiger partial charge in [-0.3, -0.25) is 5.43 Å². The number of aliphatic imine (C=N–C) groups is 1. The van der Waals surface area contributed by atoms with Crippen LogP contribution in [0.4, 0.5) is 0 Å². The van der Waals surface area contributed by atoms with Crippen molar-refractivity contribution >= 4 is 15.8 Å². The maximum absolute atomic E-state index is 11.2. The Hall–Kier alpha value is -0.860. The molecular formula is C8H18N4O3S. The summed E-state index contributed by atoms with van der Waals surface area (Å²) in [6.45, 7) is 1.87. The normalized spacial score (nSPS) is 20.9. The van der Waals surface area contributed by atoms with Crippen LogP contribution in [0.15, 0.2) is 4.99 Å². The minimum atomic E-state index is -2.87. The maximum atomic E-state index is 11.2. The summed E-state index contributed by atoms with van der Waals surface area (Å²) in [7, 11) is -1.28. The molecule has 1 heterocycles. The lowest BCUT2D eigenvalue weighted by Gasteiger charge is -2.29. The van der Waals surface area contributed by atoms with Gasteiger partial charge in [0, 0.05) is 20.2 Å². The first-order chi connectivity index (χ1) is 7.59. The van der Waals surface area contributed by atoms with Gasteiger partial charge in [0.05, 0.1) is 24.7 Å². The van der Waals surface area contributed by atoms with E-state index in [1.165, 1.54) is 0 Å². The molecule has 1 rings (SSSR count). The Labute approximate surface area is 95.5 Å². The van der Waals surface area contributed by atoms with Gasteiger partial charge >= 0.3 is 0 Å². The quantitative estimate of drug-likeness (QED) is 0.201. The molecule has 16 heavy (non-hydrogen) atoms. The predicted molar refractivity (Wildman–Crippen MR) is 61.7 cm³/mol. The maximum Gasteiger partial charge on any atom is 0.208 e. The summed E-state index contributed by atoms with van der Waals surface area (Å²) in [4.78, 5) is 6.02. The molecule has 0 amide bonds. The average Bonchev–Trinajstić information content (AvgIpc) is 2.25. The fourth-order valence-corrected chi connectivity index (χ4v) is 2.61. The molecule has 8 heteroatoms. The van der Waals surface area contributed by atoms with Gasteiger partial charge in [0.15, 0.2) is 9.84 Å². The number of sulfone groups is 1. The van der Waals surface area contributed by atoms with Crippen molar-refractivity contribution in [2.45, 2.75) is 0 Å². The monoisotopic (exact) mass is 250 g/mol. The minimum absolute atomic E-state index is 0.151. The van der Waals surface area contributed by atoms with Gasteiger partial charge in [0.25, 0.3) is 0 Å². The lowest BCUT2D eigenvalue weighted by Crippen LogP contribution is -2.51. The second-order valence-electron chi connectivity index (χ2n) is 3.48. The molecule has 0 spiro atoms. The summed E-state index contributed by atoms with van der Waals surface area (Å²) in [5, 5.41) is 0. The molecule has 1 saturated heterocycles. The molecule has 1 aliphatic heterocycles. The van der Waals surface area contributed by atoms with Crippen LogP contribution in [-0.2, 0) is 14.6 Å². The molecule has 3 N–H and O–H groups in total. The highest BCUT2D eigenvalue weighted by atomic mass is 32.2. The van der Waals surface area contributed by atoms with Crippen molar-refractivity contribution in [3.63, 3.8) is 0 Å². The molecule has 1 aliphatic rings. The highest BCUT2D eigenvalue weighted by Crippen LogP contribution is 2.03. The van der Waals surface area contributed by atoms with Gasteiger partial charge in [-0.2, -0.15) is 0 Å². The topological polar surface area (TPSA) is 97.0 Å². The summed E-state index contributed by atoms with van der Waals surface area (Å²) in [5.74, 6) is 6.16. The third-order valence-electron chi connectivity index (χ3n) is 2.33. The van der Waals surface area contributed by atoms with Gasteiger partial charge in [0.1, 0.15) is 0 Å². The molecule has 0 unspecified atom stereocenters. The zero-order valence-corrected chi connectivity index (χ0v) is 10.2. The van der Waals surface area contributed by atoms with Gasteiger partial charge in [-0.25, -0.2) is 19.3 Å². The molecule has 0 bridgehead atoms. The minimum Gasteiger partial charge on any atom is -0.383 e. The van der Waals surface area contributed by atoms with Crippen molar-refractivity contribution in [3.05, 3.63) is 0 Å². The smallest absolute Gasteiger partial charge is 0.208 e. The Kier molecular flexibility index (Phi) is 4.97. The molecule has 0 aliphatic carbocycles. The van der Waals surface area contributed by atoms with Crippen LogP contribution >= 0.6 is 0 Å². The summed E-state index contributed by atoms with van der Waals surface area (Å²) in [6.07, 6.45) is 0. The molecule has 0 atom stereocenters. The van der Waals surface area contributed by atoms with E-state index in [2.05, 4.69) is 10.4 Å². The zero-order valence-electron chi connectivity index (χ0n) is 9.35. The first-order valence-electron chi connectivity index (χ1n) is 5.04. The van der Waals surface area contributed by atoms with Gasteiger partial charge in [-0.1, -0.05) is 0 Å². The van der Waals surface area contributed by atoms with Crippen molar-refractivity contribution in [1.29, 1.82) is 0 Å². The molecular weight excluding hydrogens is 232 g/mol. The van der Waals surface area contributed by atoms with E-state index in [4.69, 9.17) is 10.6 Å². The molecule has 0 radical (unpaired) electrons. The zero-order chi connectivity index (χ0) is 12.0. The molecule has 0 saturated carbocycles. The number of methoxy groups -OCH3 is 1. The van der Waals surface area contributed by atoms with Gasteiger partial charge < -0.3 is 9.64 Å². The molecule has 0 aromatic heterocycles. The summed E-state index contributed by atoms with van der Waals surface area (Å²) in [5.41, 5.74) is 2.48. The third kappa shape index (κ3) is 3.95. The second kappa shape index (κ2) is 6.02. The highest BCUT2D eigenvalue weighted by molar-refractivity contribution is 7.91. The van der Waals surface area contributed by atoms with Crippen molar-refractivity contribution in [2.24, 2.45) is 10.8 Å². The van der Waals surface area contributed by atoms with Crippen LogP contribution in [0.25, 0.3) is 0 Å². The Balaban J connectivity index is 2.52. The average molecular weight is 250 g/mol. The standard InChI is InChI=1S/C8H18N4O3S/c1-15-5-2-10-8(11-9)12-3-6-16(13,14)7-4-12/h2-7,9H2,1H3,(H,10,11). The Bertz CT molecular complexity index is 327. The van der Waals surface area contributed by atoms with E-state index < -0.39 is 9.84 Å². The SMILES string of the molecule is COCCN=C(NN)N1CCS(=O)(=O)CC1. The lowest BCUT2D eigenvalue weighted by molar-refractivity contribution is 0.207. The number of nitrogens with two attached hydrogens (primary N) is 1. The van der Waals surface area contributed by atoms with E-state index >= 15 is 0 Å². The molecule has 0 aromatic rings. The Morgan fingerprint density at radius 3 is 2.62 bits per heavy atom. The van der Waals surface area contributed by atoms with E-state index in [-0.39, 0.29) is 11.5 Å². The van der Waals surface area contributed by atoms with Crippen molar-refractivity contribution in [2.75, 3.05) is 44.9 Å². The summed E-state index contributed by atoms with van der Waals surface area (Å²) in [6, 6.07) is 0. The van der Waals surface area contributed by atoms with E-state index in [1.54, 1.807) is 7.11 Å². The van der Waals surface area contributed by atoms with E-state index in [9.17, 15) is 8.42 Å². The van der Waals surface area contributed by atoms with Crippen LogP contribution < -0.4 is 11.3 Å². The third-order valence-corrected chi connectivity index (χ3v) is 3.94. The van der Waals surface area contributed by atoms with E-state index in [1.807, 2.05) is 4.90 Å². The number of rotatable bonds is 3. The summed E-state index contributed by atoms with van der Waals surface area (Å²) < 4.78 is 27.3. The van der Waals surface area contributed by atoms with Crippen molar-refractivity contribution in [3.8, 4) is 0 Å². The number of hydrogen-bond acceptors (Lipinski definition) is 5. The van der Waals surface area contributed by atoms with Crippen LogP contribution in [-0.4, -0.2) is 64.1 Å². The fraction of sp³-hybridized carbons (Fsp3) is 0.875. The first-order valence-corrected chi connectivity index (χ1v) is 6.86. The van der Waals surface area contributed by atoms with Crippen LogP contribution in [0.1, 0.15) is 0 Å². The van der Waals surface area contributed by atoms with Gasteiger partial charge in [-0.05, 0) is 0 Å².